The van der Waals surface area contributed by atoms with Crippen molar-refractivity contribution in [3.05, 3.63) is 77.5 Å². The lowest BCUT2D eigenvalue weighted by molar-refractivity contribution is -0.117. The molecular weight excluding hydrogens is 388 g/mol. The van der Waals surface area contributed by atoms with Crippen LogP contribution in [0.5, 0.6) is 0 Å². The van der Waals surface area contributed by atoms with Crippen LogP contribution in [0.15, 0.2) is 54.6 Å². The van der Waals surface area contributed by atoms with Crippen LogP contribution in [0.1, 0.15) is 28.9 Å². The molecule has 0 unspecified atom stereocenters. The van der Waals surface area contributed by atoms with Crippen molar-refractivity contribution in [3.63, 3.8) is 0 Å². The van der Waals surface area contributed by atoms with Gasteiger partial charge >= 0.3 is 0 Å². The monoisotopic (exact) mass is 409 g/mol. The number of likely N-dealkylation sites (tertiary alicyclic amines) is 1. The van der Waals surface area contributed by atoms with E-state index in [2.05, 4.69) is 10.3 Å². The van der Waals surface area contributed by atoms with Gasteiger partial charge in [0.05, 0.1) is 5.52 Å². The summed E-state index contributed by atoms with van der Waals surface area (Å²) in [5, 5.41) is 3.41. The second-order valence-electron chi connectivity index (χ2n) is 7.33. The molecule has 1 saturated heterocycles. The smallest absolute Gasteiger partial charge is 0.270 e. The minimum Gasteiger partial charge on any atom is -0.350 e. The van der Waals surface area contributed by atoms with Crippen LogP contribution in [0.3, 0.4) is 0 Å². The van der Waals surface area contributed by atoms with E-state index >= 15 is 0 Å². The molecule has 30 heavy (non-hydrogen) atoms. The molecule has 2 N–H and O–H groups in total. The first kappa shape index (κ1) is 19.8. The standard InChI is InChI=1S/C23H21F2N3O2/c24-18-8-7-16-14-19(27-22(16)21(18)25)23(30)28-12-10-17(11-13-28)26-20(29)9-6-15-4-2-1-3-5-15/h1-9,14,17,27H,10-13H2,(H,26,29)/b9-6+. The number of piperidine rings is 1. The van der Waals surface area contributed by atoms with Crippen molar-refractivity contribution in [1.82, 2.24) is 15.2 Å². The van der Waals surface area contributed by atoms with Gasteiger partial charge in [-0.15, -0.1) is 0 Å². The Balaban J connectivity index is 1.33. The van der Waals surface area contributed by atoms with Gasteiger partial charge in [0.25, 0.3) is 5.91 Å². The molecule has 2 heterocycles. The number of amides is 2. The van der Waals surface area contributed by atoms with Crippen LogP contribution in [0.25, 0.3) is 17.0 Å². The van der Waals surface area contributed by atoms with Crippen molar-refractivity contribution >= 4 is 28.8 Å². The number of nitrogens with one attached hydrogen (secondary N) is 2. The molecule has 7 heteroatoms. The molecule has 2 aromatic carbocycles. The molecule has 0 atom stereocenters. The summed E-state index contributed by atoms with van der Waals surface area (Å²) >= 11 is 0. The van der Waals surface area contributed by atoms with Crippen LogP contribution in [-0.4, -0.2) is 40.8 Å². The molecule has 1 aliphatic heterocycles. The summed E-state index contributed by atoms with van der Waals surface area (Å²) < 4.78 is 27.3. The summed E-state index contributed by atoms with van der Waals surface area (Å²) in [6.07, 6.45) is 4.51. The molecule has 2 amide bonds. The van der Waals surface area contributed by atoms with Gasteiger partial charge in [-0.3, -0.25) is 9.59 Å². The van der Waals surface area contributed by atoms with Crippen molar-refractivity contribution in [1.29, 1.82) is 0 Å². The number of aromatic nitrogens is 1. The number of hydrogen-bond acceptors (Lipinski definition) is 2. The second-order valence-corrected chi connectivity index (χ2v) is 7.33. The van der Waals surface area contributed by atoms with Gasteiger partial charge in [0.15, 0.2) is 11.6 Å². The van der Waals surface area contributed by atoms with Crippen molar-refractivity contribution < 1.29 is 18.4 Å². The molecule has 4 rings (SSSR count). The number of aromatic amines is 1. The van der Waals surface area contributed by atoms with Crippen molar-refractivity contribution in [2.24, 2.45) is 0 Å². The maximum atomic E-state index is 13.9. The molecule has 0 aliphatic carbocycles. The second kappa shape index (κ2) is 8.49. The number of halogens is 2. The van der Waals surface area contributed by atoms with E-state index in [1.54, 1.807) is 11.0 Å². The summed E-state index contributed by atoms with van der Waals surface area (Å²) in [6, 6.07) is 13.5. The number of fused-ring (bicyclic) bond motifs is 1. The maximum absolute atomic E-state index is 13.9. The molecule has 3 aromatic rings. The fraction of sp³-hybridized carbons (Fsp3) is 0.217. The Hall–Kier alpha value is -3.48. The summed E-state index contributed by atoms with van der Waals surface area (Å²) in [7, 11) is 0. The van der Waals surface area contributed by atoms with Gasteiger partial charge in [-0.2, -0.15) is 0 Å². The highest BCUT2D eigenvalue weighted by molar-refractivity contribution is 5.98. The quantitative estimate of drug-likeness (QED) is 0.643. The minimum absolute atomic E-state index is 0.00861. The third kappa shape index (κ3) is 4.25. The summed E-state index contributed by atoms with van der Waals surface area (Å²) in [4.78, 5) is 29.2. The van der Waals surface area contributed by atoms with Gasteiger partial charge in [-0.1, -0.05) is 30.3 Å². The first-order chi connectivity index (χ1) is 14.5. The number of benzene rings is 2. The predicted molar refractivity (Wildman–Crippen MR) is 111 cm³/mol. The van der Waals surface area contributed by atoms with Crippen LogP contribution in [0, 0.1) is 11.6 Å². The normalized spacial score (nSPS) is 15.1. The molecule has 1 aliphatic rings. The summed E-state index contributed by atoms with van der Waals surface area (Å²) in [6.45, 7) is 0.941. The molecule has 154 valence electrons. The van der Waals surface area contributed by atoms with E-state index in [-0.39, 0.29) is 29.1 Å². The number of carbonyl (C=O) groups excluding carboxylic acids is 2. The van der Waals surface area contributed by atoms with Crippen LogP contribution in [0.4, 0.5) is 8.78 Å². The Bertz CT molecular complexity index is 1100. The number of hydrogen-bond donors (Lipinski definition) is 2. The Kier molecular flexibility index (Phi) is 5.61. The van der Waals surface area contributed by atoms with E-state index in [1.165, 1.54) is 18.2 Å². The van der Waals surface area contributed by atoms with Gasteiger partial charge < -0.3 is 15.2 Å². The van der Waals surface area contributed by atoms with E-state index in [1.807, 2.05) is 30.3 Å². The third-order valence-electron chi connectivity index (χ3n) is 5.27. The highest BCUT2D eigenvalue weighted by atomic mass is 19.2. The molecule has 1 fully saturated rings. The van der Waals surface area contributed by atoms with Crippen molar-refractivity contribution in [2.45, 2.75) is 18.9 Å². The molecule has 0 saturated carbocycles. The lowest BCUT2D eigenvalue weighted by Crippen LogP contribution is -2.46. The Morgan fingerprint density at radius 2 is 1.80 bits per heavy atom. The fourth-order valence-electron chi connectivity index (χ4n) is 3.64. The van der Waals surface area contributed by atoms with Crippen LogP contribution in [0.2, 0.25) is 0 Å². The zero-order valence-corrected chi connectivity index (χ0v) is 16.2. The summed E-state index contributed by atoms with van der Waals surface area (Å²) in [5.41, 5.74) is 1.16. The van der Waals surface area contributed by atoms with Crippen LogP contribution in [-0.2, 0) is 4.79 Å². The van der Waals surface area contributed by atoms with E-state index < -0.39 is 11.6 Å². The number of carbonyl (C=O) groups is 2. The number of H-pyrrole nitrogens is 1. The van der Waals surface area contributed by atoms with Gasteiger partial charge in [0.2, 0.25) is 5.91 Å². The predicted octanol–water partition coefficient (Wildman–Crippen LogP) is 3.88. The molecule has 1 aromatic heterocycles. The largest absolute Gasteiger partial charge is 0.350 e. The molecule has 0 spiro atoms. The Morgan fingerprint density at radius 1 is 1.07 bits per heavy atom. The van der Waals surface area contributed by atoms with Crippen LogP contribution >= 0.6 is 0 Å². The highest BCUT2D eigenvalue weighted by Crippen LogP contribution is 2.22. The Morgan fingerprint density at radius 3 is 2.53 bits per heavy atom. The van der Waals surface area contributed by atoms with E-state index in [9.17, 15) is 18.4 Å². The number of nitrogens with zero attached hydrogens (tertiary/aromatic N) is 1. The first-order valence-electron chi connectivity index (χ1n) is 9.81. The molecular formula is C23H21F2N3O2. The van der Waals surface area contributed by atoms with E-state index in [0.717, 1.165) is 11.6 Å². The van der Waals surface area contributed by atoms with Crippen LogP contribution < -0.4 is 5.32 Å². The van der Waals surface area contributed by atoms with Gasteiger partial charge in [0.1, 0.15) is 5.69 Å². The fourth-order valence-corrected chi connectivity index (χ4v) is 3.64. The zero-order chi connectivity index (χ0) is 21.1. The maximum Gasteiger partial charge on any atom is 0.270 e. The highest BCUT2D eigenvalue weighted by Gasteiger charge is 2.25. The van der Waals surface area contributed by atoms with Gasteiger partial charge in [-0.05, 0) is 42.7 Å². The summed E-state index contributed by atoms with van der Waals surface area (Å²) in [5.74, 6) is -2.38. The molecule has 0 radical (unpaired) electrons. The van der Waals surface area contributed by atoms with Gasteiger partial charge in [0, 0.05) is 30.6 Å². The van der Waals surface area contributed by atoms with E-state index in [4.69, 9.17) is 0 Å². The van der Waals surface area contributed by atoms with Crippen molar-refractivity contribution in [2.75, 3.05) is 13.1 Å². The van der Waals surface area contributed by atoms with E-state index in [0.29, 0.717) is 31.3 Å². The SMILES string of the molecule is O=C(/C=C/c1ccccc1)NC1CCN(C(=O)c2cc3ccc(F)c(F)c3[nH]2)CC1. The zero-order valence-electron chi connectivity index (χ0n) is 16.2. The lowest BCUT2D eigenvalue weighted by atomic mass is 10.0. The van der Waals surface area contributed by atoms with Gasteiger partial charge in [-0.25, -0.2) is 8.78 Å². The molecule has 0 bridgehead atoms. The average Bonchev–Trinajstić information content (AvgIpc) is 3.21. The third-order valence-corrected chi connectivity index (χ3v) is 5.27. The average molecular weight is 409 g/mol. The topological polar surface area (TPSA) is 65.2 Å². The number of rotatable bonds is 4. The minimum atomic E-state index is -0.989. The first-order valence-corrected chi connectivity index (χ1v) is 9.81. The lowest BCUT2D eigenvalue weighted by Gasteiger charge is -2.32. The van der Waals surface area contributed by atoms with Crippen molar-refractivity contribution in [3.8, 4) is 0 Å². The Labute approximate surface area is 172 Å². The molecule has 5 nitrogen and oxygen atoms in total.